The van der Waals surface area contributed by atoms with Gasteiger partial charge in [-0.05, 0) is 51.1 Å². The van der Waals surface area contributed by atoms with E-state index in [0.717, 1.165) is 38.1 Å². The summed E-state index contributed by atoms with van der Waals surface area (Å²) in [5, 5.41) is 14.9. The number of aliphatic hydroxyl groups is 1. The zero-order valence-corrected chi connectivity index (χ0v) is 19.5. The van der Waals surface area contributed by atoms with Crippen molar-refractivity contribution in [3.63, 3.8) is 0 Å². The number of nitrogens with zero attached hydrogens (tertiary/aromatic N) is 3. The summed E-state index contributed by atoms with van der Waals surface area (Å²) < 4.78 is 0.992. The van der Waals surface area contributed by atoms with Gasteiger partial charge in [0, 0.05) is 32.1 Å². The number of aliphatic hydroxyl groups excluding tert-OH is 1. The first kappa shape index (κ1) is 21.7. The minimum Gasteiger partial charge on any atom is -0.395 e. The van der Waals surface area contributed by atoms with E-state index in [1.807, 2.05) is 24.3 Å². The molecule has 0 fully saturated rings. The molecule has 3 aromatic rings. The Morgan fingerprint density at radius 3 is 2.38 bits per heavy atom. The molecule has 0 bridgehead atoms. The fraction of sp³-hybridized carbons (Fsp3) is 0.435. The van der Waals surface area contributed by atoms with Gasteiger partial charge in [0.05, 0.1) is 23.7 Å². The largest absolute Gasteiger partial charge is 0.395 e. The normalized spacial score (nSPS) is 13.5. The van der Waals surface area contributed by atoms with Crippen LogP contribution >= 0.6 is 15.9 Å². The highest BCUT2D eigenvalue weighted by molar-refractivity contribution is 9.10. The number of fused-ring (bicyclic) bond motifs is 1. The van der Waals surface area contributed by atoms with Gasteiger partial charge in [-0.25, -0.2) is 15.0 Å². The first-order valence-electron chi connectivity index (χ1n) is 9.79. The maximum Gasteiger partial charge on any atom is 0.131 e. The van der Waals surface area contributed by atoms with Crippen LogP contribution in [0.1, 0.15) is 64.4 Å². The van der Waals surface area contributed by atoms with Crippen LogP contribution in [0.25, 0.3) is 10.9 Å². The summed E-state index contributed by atoms with van der Waals surface area (Å²) in [6.45, 7) is 12.6. The van der Waals surface area contributed by atoms with Crippen LogP contribution in [0.4, 0.5) is 5.82 Å². The standard InChI is InChI=1S/C23H29BrN4O/c1-22(2,3)20-11-19(25-13-26-20)17(12-29)16-10-14-9-15(24)7-8-18(14)27-21(16)28-23(4,5)6/h7-11,13,17,29H,12H2,1-6H3,(H,27,28). The van der Waals surface area contributed by atoms with Crippen LogP contribution in [0, 0.1) is 0 Å². The molecule has 2 aromatic heterocycles. The van der Waals surface area contributed by atoms with Gasteiger partial charge in [-0.3, -0.25) is 0 Å². The zero-order chi connectivity index (χ0) is 21.4. The lowest BCUT2D eigenvalue weighted by atomic mass is 9.88. The minimum atomic E-state index is -0.306. The summed E-state index contributed by atoms with van der Waals surface area (Å²) in [6.07, 6.45) is 1.58. The average Bonchev–Trinajstić information content (AvgIpc) is 2.61. The highest BCUT2D eigenvalue weighted by Crippen LogP contribution is 2.34. The topological polar surface area (TPSA) is 70.9 Å². The number of halogens is 1. The third kappa shape index (κ3) is 5.11. The quantitative estimate of drug-likeness (QED) is 0.548. The molecule has 1 unspecified atom stereocenters. The van der Waals surface area contributed by atoms with E-state index < -0.39 is 0 Å². The van der Waals surface area contributed by atoms with E-state index >= 15 is 0 Å². The Morgan fingerprint density at radius 2 is 1.76 bits per heavy atom. The number of pyridine rings is 1. The summed E-state index contributed by atoms with van der Waals surface area (Å²) in [7, 11) is 0. The minimum absolute atomic E-state index is 0.0688. The Bertz CT molecular complexity index is 1020. The van der Waals surface area contributed by atoms with Gasteiger partial charge < -0.3 is 10.4 Å². The predicted molar refractivity (Wildman–Crippen MR) is 122 cm³/mol. The number of aromatic nitrogens is 3. The second-order valence-corrected chi connectivity index (χ2v) is 10.4. The van der Waals surface area contributed by atoms with Crippen LogP contribution in [0.3, 0.4) is 0 Å². The van der Waals surface area contributed by atoms with Gasteiger partial charge in [0.25, 0.3) is 0 Å². The third-order valence-electron chi connectivity index (χ3n) is 4.67. The molecule has 0 spiro atoms. The third-order valence-corrected chi connectivity index (χ3v) is 5.16. The summed E-state index contributed by atoms with van der Waals surface area (Å²) in [5.74, 6) is 0.460. The van der Waals surface area contributed by atoms with Gasteiger partial charge in [-0.15, -0.1) is 0 Å². The van der Waals surface area contributed by atoms with Crippen LogP contribution in [-0.4, -0.2) is 32.2 Å². The Labute approximate surface area is 181 Å². The summed E-state index contributed by atoms with van der Waals surface area (Å²) in [4.78, 5) is 13.8. The average molecular weight is 457 g/mol. The van der Waals surface area contributed by atoms with E-state index in [1.165, 1.54) is 0 Å². The van der Waals surface area contributed by atoms with E-state index in [0.29, 0.717) is 0 Å². The predicted octanol–water partition coefficient (Wildman–Crippen LogP) is 5.42. The molecule has 6 heteroatoms. The SMILES string of the molecule is CC(C)(C)Nc1nc2ccc(Br)cc2cc1C(CO)c1cc(C(C)(C)C)ncn1. The maximum absolute atomic E-state index is 10.4. The molecule has 29 heavy (non-hydrogen) atoms. The van der Waals surface area contributed by atoms with Crippen molar-refractivity contribution in [3.05, 3.63) is 58.1 Å². The monoisotopic (exact) mass is 456 g/mol. The van der Waals surface area contributed by atoms with Crippen LogP contribution in [0.5, 0.6) is 0 Å². The number of hydrogen-bond acceptors (Lipinski definition) is 5. The van der Waals surface area contributed by atoms with Crippen molar-refractivity contribution in [3.8, 4) is 0 Å². The molecule has 0 radical (unpaired) electrons. The van der Waals surface area contributed by atoms with Crippen molar-refractivity contribution in [2.75, 3.05) is 11.9 Å². The molecule has 2 heterocycles. The van der Waals surface area contributed by atoms with Gasteiger partial charge in [0.2, 0.25) is 0 Å². The number of rotatable bonds is 4. The molecule has 0 saturated heterocycles. The maximum atomic E-state index is 10.4. The molecule has 1 aromatic carbocycles. The highest BCUT2D eigenvalue weighted by Gasteiger charge is 2.25. The summed E-state index contributed by atoms with van der Waals surface area (Å²) in [6, 6.07) is 10.1. The summed E-state index contributed by atoms with van der Waals surface area (Å²) in [5.41, 5.74) is 3.29. The van der Waals surface area contributed by atoms with E-state index in [2.05, 4.69) is 78.8 Å². The molecule has 5 nitrogen and oxygen atoms in total. The van der Waals surface area contributed by atoms with Crippen LogP contribution in [0.15, 0.2) is 41.1 Å². The van der Waals surface area contributed by atoms with Gasteiger partial charge in [0.15, 0.2) is 0 Å². The van der Waals surface area contributed by atoms with Crippen LogP contribution in [0.2, 0.25) is 0 Å². The summed E-state index contributed by atoms with van der Waals surface area (Å²) >= 11 is 3.54. The number of benzene rings is 1. The van der Waals surface area contributed by atoms with E-state index in [-0.39, 0.29) is 23.5 Å². The lowest BCUT2D eigenvalue weighted by Gasteiger charge is -2.26. The molecule has 1 atom stereocenters. The number of anilines is 1. The van der Waals surface area contributed by atoms with Crippen molar-refractivity contribution in [1.29, 1.82) is 0 Å². The molecule has 0 aliphatic heterocycles. The van der Waals surface area contributed by atoms with Gasteiger partial charge in [-0.2, -0.15) is 0 Å². The number of nitrogens with one attached hydrogen (secondary N) is 1. The Hall–Kier alpha value is -2.05. The van der Waals surface area contributed by atoms with Crippen LogP contribution in [-0.2, 0) is 5.41 Å². The first-order valence-corrected chi connectivity index (χ1v) is 10.6. The molecule has 2 N–H and O–H groups in total. The zero-order valence-electron chi connectivity index (χ0n) is 17.9. The molecule has 3 rings (SSSR count). The smallest absolute Gasteiger partial charge is 0.131 e. The van der Waals surface area contributed by atoms with Gasteiger partial charge in [0.1, 0.15) is 12.1 Å². The lowest BCUT2D eigenvalue weighted by Crippen LogP contribution is -2.28. The van der Waals surface area contributed by atoms with Crippen molar-refractivity contribution in [1.82, 2.24) is 15.0 Å². The fourth-order valence-corrected chi connectivity index (χ4v) is 3.59. The lowest BCUT2D eigenvalue weighted by molar-refractivity contribution is 0.278. The molecule has 0 aliphatic rings. The highest BCUT2D eigenvalue weighted by atomic mass is 79.9. The van der Waals surface area contributed by atoms with Crippen LogP contribution < -0.4 is 5.32 Å². The Kier molecular flexibility index (Phi) is 5.97. The number of hydrogen-bond donors (Lipinski definition) is 2. The van der Waals surface area contributed by atoms with Crippen molar-refractivity contribution >= 4 is 32.7 Å². The Morgan fingerprint density at radius 1 is 1.03 bits per heavy atom. The first-order chi connectivity index (χ1) is 13.5. The molecular weight excluding hydrogens is 428 g/mol. The van der Waals surface area contributed by atoms with Gasteiger partial charge >= 0.3 is 0 Å². The molecule has 0 saturated carbocycles. The van der Waals surface area contributed by atoms with E-state index in [4.69, 9.17) is 4.98 Å². The van der Waals surface area contributed by atoms with E-state index in [1.54, 1.807) is 6.33 Å². The molecule has 0 amide bonds. The van der Waals surface area contributed by atoms with Crippen molar-refractivity contribution in [2.45, 2.75) is 58.4 Å². The van der Waals surface area contributed by atoms with Gasteiger partial charge in [-0.1, -0.05) is 36.7 Å². The Balaban J connectivity index is 2.20. The second kappa shape index (κ2) is 8.00. The van der Waals surface area contributed by atoms with E-state index in [9.17, 15) is 5.11 Å². The van der Waals surface area contributed by atoms with Crippen molar-refractivity contribution < 1.29 is 5.11 Å². The fourth-order valence-electron chi connectivity index (χ4n) is 3.21. The molecule has 0 aliphatic carbocycles. The molecule has 154 valence electrons. The second-order valence-electron chi connectivity index (χ2n) is 9.45. The molecular formula is C23H29BrN4O. The van der Waals surface area contributed by atoms with Crippen molar-refractivity contribution in [2.24, 2.45) is 0 Å².